The molecule has 20 heavy (non-hydrogen) atoms. The van der Waals surface area contributed by atoms with Crippen LogP contribution in [0.4, 0.5) is 0 Å². The predicted molar refractivity (Wildman–Crippen MR) is 73.9 cm³/mol. The molecule has 0 amide bonds. The zero-order chi connectivity index (χ0) is 14.4. The SMILES string of the molecule is Cc1[nH]c2c(O)cccc2c1-c1cc(C(=O)O)n(C)n1. The van der Waals surface area contributed by atoms with Crippen LogP contribution in [-0.2, 0) is 7.05 Å². The van der Waals surface area contributed by atoms with Crippen molar-refractivity contribution in [2.45, 2.75) is 6.92 Å². The minimum Gasteiger partial charge on any atom is -0.506 e. The van der Waals surface area contributed by atoms with Crippen molar-refractivity contribution in [3.05, 3.63) is 35.7 Å². The monoisotopic (exact) mass is 271 g/mol. The van der Waals surface area contributed by atoms with Crippen molar-refractivity contribution in [1.29, 1.82) is 0 Å². The summed E-state index contributed by atoms with van der Waals surface area (Å²) in [5.41, 5.74) is 2.95. The zero-order valence-corrected chi connectivity index (χ0v) is 11.0. The molecule has 2 heterocycles. The molecule has 6 heteroatoms. The third kappa shape index (κ3) is 1.65. The highest BCUT2D eigenvalue weighted by Crippen LogP contribution is 2.35. The number of carboxylic acids is 1. The van der Waals surface area contributed by atoms with Crippen molar-refractivity contribution in [3.8, 4) is 17.0 Å². The Hall–Kier alpha value is -2.76. The lowest BCUT2D eigenvalue weighted by Gasteiger charge is -1.97. The van der Waals surface area contributed by atoms with Crippen molar-refractivity contribution in [1.82, 2.24) is 14.8 Å². The van der Waals surface area contributed by atoms with Crippen LogP contribution >= 0.6 is 0 Å². The molecule has 0 saturated heterocycles. The van der Waals surface area contributed by atoms with Crippen LogP contribution in [0, 0.1) is 6.92 Å². The number of benzene rings is 1. The van der Waals surface area contributed by atoms with Crippen LogP contribution in [0.2, 0.25) is 0 Å². The number of aryl methyl sites for hydroxylation is 2. The fourth-order valence-electron chi connectivity index (χ4n) is 2.45. The molecule has 0 fully saturated rings. The van der Waals surface area contributed by atoms with E-state index < -0.39 is 5.97 Å². The van der Waals surface area contributed by atoms with Gasteiger partial charge in [0.05, 0.1) is 11.2 Å². The summed E-state index contributed by atoms with van der Waals surface area (Å²) in [5.74, 6) is -0.863. The molecular weight excluding hydrogens is 258 g/mol. The highest BCUT2D eigenvalue weighted by Gasteiger charge is 2.18. The summed E-state index contributed by atoms with van der Waals surface area (Å²) in [6, 6.07) is 6.74. The smallest absolute Gasteiger partial charge is 0.354 e. The molecule has 6 nitrogen and oxygen atoms in total. The van der Waals surface area contributed by atoms with E-state index in [2.05, 4.69) is 10.1 Å². The first-order valence-electron chi connectivity index (χ1n) is 6.07. The predicted octanol–water partition coefficient (Wildman–Crippen LogP) is 2.28. The molecular formula is C14H13N3O3. The van der Waals surface area contributed by atoms with Crippen molar-refractivity contribution < 1.29 is 15.0 Å². The molecule has 1 aromatic carbocycles. The van der Waals surface area contributed by atoms with Gasteiger partial charge in [0.2, 0.25) is 0 Å². The molecule has 0 aliphatic rings. The van der Waals surface area contributed by atoms with Crippen LogP contribution in [-0.4, -0.2) is 30.9 Å². The van der Waals surface area contributed by atoms with Crippen LogP contribution in [0.5, 0.6) is 5.75 Å². The number of aromatic nitrogens is 3. The molecule has 0 saturated carbocycles. The third-order valence-corrected chi connectivity index (χ3v) is 3.35. The van der Waals surface area contributed by atoms with Crippen molar-refractivity contribution >= 4 is 16.9 Å². The summed E-state index contributed by atoms with van der Waals surface area (Å²) in [5, 5.41) is 24.0. The Labute approximate surface area is 114 Å². The third-order valence-electron chi connectivity index (χ3n) is 3.35. The highest BCUT2D eigenvalue weighted by molar-refractivity contribution is 6.00. The average molecular weight is 271 g/mol. The molecule has 3 N–H and O–H groups in total. The van der Waals surface area contributed by atoms with Crippen LogP contribution < -0.4 is 0 Å². The maximum absolute atomic E-state index is 11.1. The van der Waals surface area contributed by atoms with Gasteiger partial charge in [0.15, 0.2) is 0 Å². The number of carboxylic acid groups (broad SMARTS) is 1. The Morgan fingerprint density at radius 2 is 2.15 bits per heavy atom. The summed E-state index contributed by atoms with van der Waals surface area (Å²) < 4.78 is 1.33. The maximum Gasteiger partial charge on any atom is 0.354 e. The molecule has 3 aromatic rings. The summed E-state index contributed by atoms with van der Waals surface area (Å²) in [4.78, 5) is 14.2. The van der Waals surface area contributed by atoms with E-state index in [-0.39, 0.29) is 11.4 Å². The number of hydrogen-bond donors (Lipinski definition) is 3. The molecule has 0 spiro atoms. The number of nitrogens with one attached hydrogen (secondary N) is 1. The molecule has 0 atom stereocenters. The molecule has 0 aliphatic carbocycles. The summed E-state index contributed by atoms with van der Waals surface area (Å²) in [7, 11) is 1.59. The number of nitrogens with zero attached hydrogens (tertiary/aromatic N) is 2. The fourth-order valence-corrected chi connectivity index (χ4v) is 2.45. The van der Waals surface area contributed by atoms with Gasteiger partial charge >= 0.3 is 5.97 Å². The Morgan fingerprint density at radius 1 is 1.40 bits per heavy atom. The van der Waals surface area contributed by atoms with Gasteiger partial charge in [0.1, 0.15) is 11.4 Å². The van der Waals surface area contributed by atoms with E-state index in [9.17, 15) is 9.90 Å². The standard InChI is InChI=1S/C14H13N3O3/c1-7-12(8-4-3-5-11(18)13(8)15-7)9-6-10(14(19)20)17(2)16-9/h3-6,15,18H,1-2H3,(H,19,20). The number of hydrogen-bond acceptors (Lipinski definition) is 3. The van der Waals surface area contributed by atoms with E-state index in [0.717, 1.165) is 16.6 Å². The van der Waals surface area contributed by atoms with Gasteiger partial charge in [-0.05, 0) is 19.1 Å². The molecule has 0 bridgehead atoms. The number of rotatable bonds is 2. The van der Waals surface area contributed by atoms with Crippen molar-refractivity contribution in [3.63, 3.8) is 0 Å². The van der Waals surface area contributed by atoms with Gasteiger partial charge in [0.25, 0.3) is 0 Å². The number of para-hydroxylation sites is 1. The number of phenolic OH excluding ortho intramolecular Hbond substituents is 1. The fraction of sp³-hybridized carbons (Fsp3) is 0.143. The molecule has 3 rings (SSSR count). The van der Waals surface area contributed by atoms with Crippen molar-refractivity contribution in [2.75, 3.05) is 0 Å². The highest BCUT2D eigenvalue weighted by atomic mass is 16.4. The summed E-state index contributed by atoms with van der Waals surface area (Å²) in [6.07, 6.45) is 0. The minimum absolute atomic E-state index is 0.119. The molecule has 102 valence electrons. The average Bonchev–Trinajstić information content (AvgIpc) is 2.90. The molecule has 2 aromatic heterocycles. The summed E-state index contributed by atoms with van der Waals surface area (Å²) in [6.45, 7) is 1.86. The zero-order valence-electron chi connectivity index (χ0n) is 11.0. The van der Waals surface area contributed by atoms with Gasteiger partial charge < -0.3 is 15.2 Å². The van der Waals surface area contributed by atoms with Gasteiger partial charge in [-0.3, -0.25) is 4.68 Å². The van der Waals surface area contributed by atoms with E-state index in [1.54, 1.807) is 19.2 Å². The van der Waals surface area contributed by atoms with Crippen LogP contribution in [0.3, 0.4) is 0 Å². The number of fused-ring (bicyclic) bond motifs is 1. The topological polar surface area (TPSA) is 91.1 Å². The van der Waals surface area contributed by atoms with E-state index >= 15 is 0 Å². The Morgan fingerprint density at radius 3 is 2.80 bits per heavy atom. The Balaban J connectivity index is 2.30. The second-order valence-corrected chi connectivity index (χ2v) is 4.67. The quantitative estimate of drug-likeness (QED) is 0.666. The number of aromatic amines is 1. The van der Waals surface area contributed by atoms with Gasteiger partial charge in [-0.1, -0.05) is 12.1 Å². The molecule has 0 aliphatic heterocycles. The lowest BCUT2D eigenvalue weighted by atomic mass is 10.1. The largest absolute Gasteiger partial charge is 0.506 e. The van der Waals surface area contributed by atoms with E-state index in [0.29, 0.717) is 11.2 Å². The van der Waals surface area contributed by atoms with Gasteiger partial charge in [-0.15, -0.1) is 0 Å². The lowest BCUT2D eigenvalue weighted by molar-refractivity contribution is 0.0685. The van der Waals surface area contributed by atoms with Gasteiger partial charge in [-0.25, -0.2) is 4.79 Å². The van der Waals surface area contributed by atoms with Gasteiger partial charge in [-0.2, -0.15) is 5.10 Å². The number of phenols is 1. The second kappa shape index (κ2) is 4.12. The molecule has 0 radical (unpaired) electrons. The second-order valence-electron chi connectivity index (χ2n) is 4.67. The Bertz CT molecular complexity index is 830. The minimum atomic E-state index is -1.02. The first-order chi connectivity index (χ1) is 9.49. The van der Waals surface area contributed by atoms with Crippen LogP contribution in [0.15, 0.2) is 24.3 Å². The lowest BCUT2D eigenvalue weighted by Crippen LogP contribution is -2.04. The maximum atomic E-state index is 11.1. The van der Waals surface area contributed by atoms with Gasteiger partial charge in [0, 0.05) is 23.7 Å². The number of carbonyl (C=O) groups is 1. The normalized spacial score (nSPS) is 11.1. The number of aromatic carboxylic acids is 1. The van der Waals surface area contributed by atoms with E-state index in [1.807, 2.05) is 13.0 Å². The molecule has 0 unspecified atom stereocenters. The van der Waals surface area contributed by atoms with E-state index in [1.165, 1.54) is 10.7 Å². The van der Waals surface area contributed by atoms with E-state index in [4.69, 9.17) is 5.11 Å². The first kappa shape index (κ1) is 12.3. The van der Waals surface area contributed by atoms with Crippen molar-refractivity contribution in [2.24, 2.45) is 7.05 Å². The van der Waals surface area contributed by atoms with Crippen LogP contribution in [0.25, 0.3) is 22.2 Å². The Kier molecular flexibility index (Phi) is 2.53. The summed E-state index contributed by atoms with van der Waals surface area (Å²) >= 11 is 0. The number of aromatic hydroxyl groups is 1. The number of H-pyrrole nitrogens is 1. The first-order valence-corrected chi connectivity index (χ1v) is 6.07. The van der Waals surface area contributed by atoms with Crippen LogP contribution in [0.1, 0.15) is 16.2 Å².